The number of aromatic nitrogens is 2. The normalized spacial score (nSPS) is 12.5. The van der Waals surface area contributed by atoms with E-state index in [4.69, 9.17) is 4.74 Å². The number of alkyl halides is 3. The highest BCUT2D eigenvalue weighted by Crippen LogP contribution is 2.28. The molecule has 0 amide bonds. The summed E-state index contributed by atoms with van der Waals surface area (Å²) < 4.78 is 44.5. The van der Waals surface area contributed by atoms with Crippen molar-refractivity contribution in [1.29, 1.82) is 0 Å². The van der Waals surface area contributed by atoms with Crippen LogP contribution in [0.1, 0.15) is 16.8 Å². The Morgan fingerprint density at radius 3 is 2.65 bits per heavy atom. The van der Waals surface area contributed by atoms with Gasteiger partial charge in [0.25, 0.3) is 0 Å². The first-order valence-electron chi connectivity index (χ1n) is 6.67. The standard InChI is InChI=1S/C15H14F3N3O2/c1-23-12-5-3-2-4-10(12)11(22)8-13(15(16,17)18)21-14-9-19-6-7-20-14/h2-7,9,13H,8H2,1H3,(H,20,21). The maximum atomic E-state index is 13.2. The number of Topliss-reactive ketones (excluding diaryl/α,β-unsaturated/α-hetero) is 1. The number of carbonyl (C=O) groups excluding carboxylic acids is 1. The Labute approximate surface area is 130 Å². The molecule has 122 valence electrons. The molecule has 8 heteroatoms. The highest BCUT2D eigenvalue weighted by atomic mass is 19.4. The summed E-state index contributed by atoms with van der Waals surface area (Å²) >= 11 is 0. The Bertz CT molecular complexity index is 663. The summed E-state index contributed by atoms with van der Waals surface area (Å²) in [6, 6.07) is 4.07. The van der Waals surface area contributed by atoms with Crippen LogP contribution >= 0.6 is 0 Å². The van der Waals surface area contributed by atoms with E-state index in [-0.39, 0.29) is 17.1 Å². The van der Waals surface area contributed by atoms with E-state index in [9.17, 15) is 18.0 Å². The third-order valence-corrected chi connectivity index (χ3v) is 3.08. The molecule has 0 saturated carbocycles. The van der Waals surface area contributed by atoms with Crippen molar-refractivity contribution in [3.05, 3.63) is 48.4 Å². The molecular formula is C15H14F3N3O2. The molecule has 1 aromatic carbocycles. The zero-order valence-electron chi connectivity index (χ0n) is 12.2. The van der Waals surface area contributed by atoms with Gasteiger partial charge in [-0.3, -0.25) is 9.78 Å². The van der Waals surface area contributed by atoms with Gasteiger partial charge in [-0.2, -0.15) is 13.2 Å². The number of ketones is 1. The van der Waals surface area contributed by atoms with Gasteiger partial charge >= 0.3 is 6.18 Å². The van der Waals surface area contributed by atoms with Crippen LogP contribution < -0.4 is 10.1 Å². The van der Waals surface area contributed by atoms with Crippen molar-refractivity contribution in [2.75, 3.05) is 12.4 Å². The summed E-state index contributed by atoms with van der Waals surface area (Å²) in [5, 5.41) is 2.20. The fraction of sp³-hybridized carbons (Fsp3) is 0.267. The quantitative estimate of drug-likeness (QED) is 0.827. The van der Waals surface area contributed by atoms with Crippen molar-refractivity contribution in [2.24, 2.45) is 0 Å². The van der Waals surface area contributed by atoms with Crippen LogP contribution in [-0.2, 0) is 0 Å². The van der Waals surface area contributed by atoms with Gasteiger partial charge < -0.3 is 10.1 Å². The van der Waals surface area contributed by atoms with E-state index in [1.807, 2.05) is 0 Å². The second-order valence-electron chi connectivity index (χ2n) is 4.66. The van der Waals surface area contributed by atoms with Crippen molar-refractivity contribution >= 4 is 11.6 Å². The Kier molecular flexibility index (Phi) is 5.15. The maximum absolute atomic E-state index is 13.2. The van der Waals surface area contributed by atoms with Crippen molar-refractivity contribution in [2.45, 2.75) is 18.6 Å². The minimum Gasteiger partial charge on any atom is -0.496 e. The molecule has 0 saturated heterocycles. The predicted octanol–water partition coefficient (Wildman–Crippen LogP) is 3.10. The molecule has 0 aliphatic heterocycles. The van der Waals surface area contributed by atoms with E-state index in [0.717, 1.165) is 6.20 Å². The molecule has 0 fully saturated rings. The topological polar surface area (TPSA) is 64.1 Å². The van der Waals surface area contributed by atoms with E-state index in [1.54, 1.807) is 12.1 Å². The number of nitrogens with one attached hydrogen (secondary N) is 1. The second-order valence-corrected chi connectivity index (χ2v) is 4.66. The molecule has 5 nitrogen and oxygen atoms in total. The van der Waals surface area contributed by atoms with Gasteiger partial charge in [0, 0.05) is 18.8 Å². The second kappa shape index (κ2) is 7.08. The zero-order valence-corrected chi connectivity index (χ0v) is 12.2. The molecule has 2 aromatic rings. The van der Waals surface area contributed by atoms with E-state index in [2.05, 4.69) is 15.3 Å². The lowest BCUT2D eigenvalue weighted by molar-refractivity contribution is -0.141. The van der Waals surface area contributed by atoms with Crippen molar-refractivity contribution < 1.29 is 22.7 Å². The summed E-state index contributed by atoms with van der Waals surface area (Å²) in [6.45, 7) is 0. The number of hydrogen-bond acceptors (Lipinski definition) is 5. The predicted molar refractivity (Wildman–Crippen MR) is 77.4 cm³/mol. The van der Waals surface area contributed by atoms with Crippen LogP contribution in [0.25, 0.3) is 0 Å². The number of carbonyl (C=O) groups is 1. The molecule has 0 spiro atoms. The lowest BCUT2D eigenvalue weighted by Crippen LogP contribution is -2.38. The molecule has 1 heterocycles. The monoisotopic (exact) mass is 325 g/mol. The summed E-state index contributed by atoms with van der Waals surface area (Å²) in [5.74, 6) is -0.498. The minimum absolute atomic E-state index is 0.0531. The van der Waals surface area contributed by atoms with Crippen LogP contribution in [0.4, 0.5) is 19.0 Å². The number of anilines is 1. The highest BCUT2D eigenvalue weighted by Gasteiger charge is 2.41. The first kappa shape index (κ1) is 16.7. The van der Waals surface area contributed by atoms with Gasteiger partial charge in [0.1, 0.15) is 17.6 Å². The molecule has 1 aromatic heterocycles. The first-order valence-corrected chi connectivity index (χ1v) is 6.67. The minimum atomic E-state index is -4.62. The highest BCUT2D eigenvalue weighted by molar-refractivity contribution is 5.99. The average Bonchev–Trinajstić information content (AvgIpc) is 2.54. The number of ether oxygens (including phenoxy) is 1. The molecule has 0 bridgehead atoms. The van der Waals surface area contributed by atoms with Gasteiger partial charge in [-0.05, 0) is 12.1 Å². The summed E-state index contributed by atoms with van der Waals surface area (Å²) in [5.41, 5.74) is 0.102. The van der Waals surface area contributed by atoms with Crippen LogP contribution in [0.5, 0.6) is 5.75 Å². The molecule has 0 aliphatic rings. The van der Waals surface area contributed by atoms with Crippen molar-refractivity contribution in [3.8, 4) is 5.75 Å². The Morgan fingerprint density at radius 1 is 1.30 bits per heavy atom. The van der Waals surface area contributed by atoms with Crippen molar-refractivity contribution in [1.82, 2.24) is 9.97 Å². The van der Waals surface area contributed by atoms with Gasteiger partial charge in [0.15, 0.2) is 5.78 Å². The average molecular weight is 325 g/mol. The number of nitrogens with zero attached hydrogens (tertiary/aromatic N) is 2. The number of hydrogen-bond donors (Lipinski definition) is 1. The summed E-state index contributed by atoms with van der Waals surface area (Å²) in [6.07, 6.45) is -1.63. The van der Waals surface area contributed by atoms with Crippen LogP contribution in [0.15, 0.2) is 42.9 Å². The largest absolute Gasteiger partial charge is 0.496 e. The third-order valence-electron chi connectivity index (χ3n) is 3.08. The van der Waals surface area contributed by atoms with E-state index in [0.29, 0.717) is 0 Å². The number of halogens is 3. The van der Waals surface area contributed by atoms with Crippen LogP contribution in [0.2, 0.25) is 0 Å². The maximum Gasteiger partial charge on any atom is 0.409 e. The van der Waals surface area contributed by atoms with Crippen LogP contribution in [-0.4, -0.2) is 35.1 Å². The van der Waals surface area contributed by atoms with Crippen molar-refractivity contribution in [3.63, 3.8) is 0 Å². The van der Waals surface area contributed by atoms with Gasteiger partial charge in [0.2, 0.25) is 0 Å². The van der Waals surface area contributed by atoms with E-state index < -0.39 is 24.4 Å². The Balaban J connectivity index is 2.19. The Morgan fingerprint density at radius 2 is 2.04 bits per heavy atom. The zero-order chi connectivity index (χ0) is 16.9. The molecule has 1 atom stereocenters. The third kappa shape index (κ3) is 4.41. The number of methoxy groups -OCH3 is 1. The fourth-order valence-corrected chi connectivity index (χ4v) is 1.97. The number of para-hydroxylation sites is 1. The number of rotatable bonds is 6. The smallest absolute Gasteiger partial charge is 0.409 e. The lowest BCUT2D eigenvalue weighted by Gasteiger charge is -2.21. The molecule has 1 unspecified atom stereocenters. The summed E-state index contributed by atoms with van der Waals surface area (Å²) in [7, 11) is 1.35. The molecule has 1 N–H and O–H groups in total. The molecular weight excluding hydrogens is 311 g/mol. The van der Waals surface area contributed by atoms with E-state index in [1.165, 1.54) is 31.6 Å². The molecule has 0 aliphatic carbocycles. The first-order chi connectivity index (χ1) is 10.9. The van der Waals surface area contributed by atoms with E-state index >= 15 is 0 Å². The molecule has 23 heavy (non-hydrogen) atoms. The van der Waals surface area contributed by atoms with Gasteiger partial charge in [-0.1, -0.05) is 12.1 Å². The molecule has 0 radical (unpaired) electrons. The SMILES string of the molecule is COc1ccccc1C(=O)CC(Nc1cnccn1)C(F)(F)F. The van der Waals surface area contributed by atoms with Gasteiger partial charge in [0.05, 0.1) is 18.9 Å². The van der Waals surface area contributed by atoms with Gasteiger partial charge in [-0.25, -0.2) is 4.98 Å². The number of benzene rings is 1. The fourth-order valence-electron chi connectivity index (χ4n) is 1.97. The van der Waals surface area contributed by atoms with Crippen LogP contribution in [0.3, 0.4) is 0 Å². The van der Waals surface area contributed by atoms with Crippen LogP contribution in [0, 0.1) is 0 Å². The van der Waals surface area contributed by atoms with Gasteiger partial charge in [-0.15, -0.1) is 0 Å². The molecule has 2 rings (SSSR count). The summed E-state index contributed by atoms with van der Waals surface area (Å²) in [4.78, 5) is 19.6. The lowest BCUT2D eigenvalue weighted by atomic mass is 10.0. The Hall–Kier alpha value is -2.64.